The zero-order valence-electron chi connectivity index (χ0n) is 9.65. The van der Waals surface area contributed by atoms with Crippen molar-refractivity contribution in [1.82, 2.24) is 4.72 Å². The number of hydrogen-bond donors (Lipinski definition) is 1. The quantitative estimate of drug-likeness (QED) is 0.585. The molecule has 0 unspecified atom stereocenters. The summed E-state index contributed by atoms with van der Waals surface area (Å²) in [6, 6.07) is 0. The average molecular weight is 239 g/mol. The van der Waals surface area contributed by atoms with Crippen LogP contribution in [-0.4, -0.2) is 47.6 Å². The van der Waals surface area contributed by atoms with E-state index in [1.54, 1.807) is 7.11 Å². The van der Waals surface area contributed by atoms with Gasteiger partial charge in [-0.3, -0.25) is 0 Å². The highest BCUT2D eigenvalue weighted by Crippen LogP contribution is 1.91. The lowest BCUT2D eigenvalue weighted by Crippen LogP contribution is -2.31. The number of rotatable bonds is 9. The van der Waals surface area contributed by atoms with E-state index in [0.717, 1.165) is 0 Å². The van der Waals surface area contributed by atoms with Gasteiger partial charge in [-0.2, -0.15) is 0 Å². The summed E-state index contributed by atoms with van der Waals surface area (Å²) in [6.07, 6.45) is 0. The first-order valence-electron chi connectivity index (χ1n) is 5.02. The summed E-state index contributed by atoms with van der Waals surface area (Å²) in [5, 5.41) is 0. The number of sulfonamides is 1. The summed E-state index contributed by atoms with van der Waals surface area (Å²) >= 11 is 0. The number of hydrogen-bond acceptors (Lipinski definition) is 4. The first kappa shape index (κ1) is 14.8. The molecule has 0 radical (unpaired) electrons. The van der Waals surface area contributed by atoms with Gasteiger partial charge in [0.05, 0.1) is 25.6 Å². The zero-order chi connectivity index (χ0) is 11.7. The van der Waals surface area contributed by atoms with E-state index in [1.165, 1.54) is 0 Å². The second-order valence-electron chi connectivity index (χ2n) is 3.67. The molecule has 0 amide bonds. The predicted octanol–water partition coefficient (Wildman–Crippen LogP) is 0.225. The van der Waals surface area contributed by atoms with Crippen molar-refractivity contribution < 1.29 is 17.9 Å². The first-order chi connectivity index (χ1) is 6.98. The summed E-state index contributed by atoms with van der Waals surface area (Å²) < 4.78 is 35.0. The second-order valence-corrected chi connectivity index (χ2v) is 5.59. The molecular weight excluding hydrogens is 218 g/mol. The molecule has 0 heterocycles. The molecule has 0 aromatic heterocycles. The fourth-order valence-electron chi connectivity index (χ4n) is 0.779. The fourth-order valence-corrected chi connectivity index (χ4v) is 1.85. The molecule has 0 fully saturated rings. The minimum atomic E-state index is -3.18. The van der Waals surface area contributed by atoms with Crippen molar-refractivity contribution in [2.24, 2.45) is 5.92 Å². The van der Waals surface area contributed by atoms with Crippen molar-refractivity contribution in [2.75, 3.05) is 39.2 Å². The molecule has 92 valence electrons. The highest BCUT2D eigenvalue weighted by Gasteiger charge is 2.09. The lowest BCUT2D eigenvalue weighted by molar-refractivity contribution is 0.0784. The molecule has 0 saturated heterocycles. The summed E-state index contributed by atoms with van der Waals surface area (Å²) in [5.74, 6) is 0.317. The van der Waals surface area contributed by atoms with Crippen LogP contribution in [0.3, 0.4) is 0 Å². The van der Waals surface area contributed by atoms with E-state index >= 15 is 0 Å². The Kier molecular flexibility index (Phi) is 7.95. The third-order valence-corrected chi connectivity index (χ3v) is 2.95. The number of methoxy groups -OCH3 is 1. The van der Waals surface area contributed by atoms with E-state index in [9.17, 15) is 8.42 Å². The van der Waals surface area contributed by atoms with Crippen LogP contribution in [0.5, 0.6) is 0 Å². The van der Waals surface area contributed by atoms with Crippen LogP contribution in [0.25, 0.3) is 0 Å². The third kappa shape index (κ3) is 10.1. The van der Waals surface area contributed by atoms with Crippen molar-refractivity contribution in [3.05, 3.63) is 0 Å². The average Bonchev–Trinajstić information content (AvgIpc) is 2.15. The largest absolute Gasteiger partial charge is 0.382 e. The van der Waals surface area contributed by atoms with Crippen molar-refractivity contribution >= 4 is 10.0 Å². The highest BCUT2D eigenvalue weighted by atomic mass is 32.2. The maximum atomic E-state index is 11.3. The summed E-state index contributed by atoms with van der Waals surface area (Å²) in [7, 11) is -1.61. The van der Waals surface area contributed by atoms with Crippen LogP contribution in [0, 0.1) is 5.92 Å². The predicted molar refractivity (Wildman–Crippen MR) is 59.3 cm³/mol. The molecule has 0 atom stereocenters. The highest BCUT2D eigenvalue weighted by molar-refractivity contribution is 7.89. The van der Waals surface area contributed by atoms with E-state index in [1.807, 2.05) is 13.8 Å². The fraction of sp³-hybridized carbons (Fsp3) is 1.00. The van der Waals surface area contributed by atoms with Crippen LogP contribution in [-0.2, 0) is 19.5 Å². The van der Waals surface area contributed by atoms with Gasteiger partial charge in [-0.25, -0.2) is 13.1 Å². The Labute approximate surface area is 92.2 Å². The van der Waals surface area contributed by atoms with E-state index in [4.69, 9.17) is 9.47 Å². The van der Waals surface area contributed by atoms with Gasteiger partial charge in [0.1, 0.15) is 0 Å². The van der Waals surface area contributed by atoms with Gasteiger partial charge < -0.3 is 9.47 Å². The van der Waals surface area contributed by atoms with Crippen molar-refractivity contribution in [3.8, 4) is 0 Å². The first-order valence-corrected chi connectivity index (χ1v) is 6.67. The zero-order valence-corrected chi connectivity index (χ0v) is 10.5. The Hall–Kier alpha value is -0.170. The van der Waals surface area contributed by atoms with Crippen molar-refractivity contribution in [3.63, 3.8) is 0 Å². The van der Waals surface area contributed by atoms with Crippen LogP contribution in [0.15, 0.2) is 0 Å². The third-order valence-electron chi connectivity index (χ3n) is 1.64. The van der Waals surface area contributed by atoms with E-state index < -0.39 is 10.0 Å². The Bertz CT molecular complexity index is 238. The molecule has 15 heavy (non-hydrogen) atoms. The molecule has 0 rings (SSSR count). The van der Waals surface area contributed by atoms with Crippen LogP contribution in [0.2, 0.25) is 0 Å². The molecule has 5 nitrogen and oxygen atoms in total. The molecule has 0 spiro atoms. The molecular formula is C9H21NO4S. The normalized spacial score (nSPS) is 12.3. The lowest BCUT2D eigenvalue weighted by atomic mass is 10.2. The Morgan fingerprint density at radius 1 is 1.20 bits per heavy atom. The Balaban J connectivity index is 3.56. The van der Waals surface area contributed by atoms with Crippen LogP contribution in [0.4, 0.5) is 0 Å². The lowest BCUT2D eigenvalue weighted by Gasteiger charge is -2.08. The van der Waals surface area contributed by atoms with E-state index in [0.29, 0.717) is 25.7 Å². The number of nitrogens with one attached hydrogen (secondary N) is 1. The van der Waals surface area contributed by atoms with E-state index in [2.05, 4.69) is 4.72 Å². The van der Waals surface area contributed by atoms with Gasteiger partial charge in [0.2, 0.25) is 10.0 Å². The van der Waals surface area contributed by atoms with Gasteiger partial charge in [-0.05, 0) is 5.92 Å². The SMILES string of the molecule is COCCOCCS(=O)(=O)NCC(C)C. The molecule has 1 N–H and O–H groups in total. The molecule has 0 aliphatic heterocycles. The summed E-state index contributed by atoms with van der Waals surface area (Å²) in [5.41, 5.74) is 0. The molecule has 0 bridgehead atoms. The minimum Gasteiger partial charge on any atom is -0.382 e. The molecule has 0 aliphatic carbocycles. The van der Waals surface area contributed by atoms with Crippen LogP contribution in [0.1, 0.15) is 13.8 Å². The Morgan fingerprint density at radius 2 is 1.87 bits per heavy atom. The minimum absolute atomic E-state index is 0.00341. The van der Waals surface area contributed by atoms with Crippen molar-refractivity contribution in [1.29, 1.82) is 0 Å². The topological polar surface area (TPSA) is 64.6 Å². The van der Waals surface area contributed by atoms with Crippen LogP contribution >= 0.6 is 0 Å². The molecule has 0 saturated carbocycles. The van der Waals surface area contributed by atoms with Gasteiger partial charge in [0.25, 0.3) is 0 Å². The number of ether oxygens (including phenoxy) is 2. The molecule has 0 aliphatic rings. The molecule has 6 heteroatoms. The standard InChI is InChI=1S/C9H21NO4S/c1-9(2)8-10-15(11,12)7-6-14-5-4-13-3/h9-10H,4-8H2,1-3H3. The van der Waals surface area contributed by atoms with Crippen molar-refractivity contribution in [2.45, 2.75) is 13.8 Å². The molecule has 0 aromatic carbocycles. The van der Waals surface area contributed by atoms with Gasteiger partial charge in [-0.15, -0.1) is 0 Å². The molecule has 0 aromatic rings. The maximum Gasteiger partial charge on any atom is 0.213 e. The smallest absolute Gasteiger partial charge is 0.213 e. The monoisotopic (exact) mass is 239 g/mol. The van der Waals surface area contributed by atoms with Gasteiger partial charge >= 0.3 is 0 Å². The second kappa shape index (κ2) is 8.04. The van der Waals surface area contributed by atoms with Gasteiger partial charge in [-0.1, -0.05) is 13.8 Å². The van der Waals surface area contributed by atoms with E-state index in [-0.39, 0.29) is 12.4 Å². The van der Waals surface area contributed by atoms with Gasteiger partial charge in [0, 0.05) is 13.7 Å². The maximum absolute atomic E-state index is 11.3. The van der Waals surface area contributed by atoms with Crippen LogP contribution < -0.4 is 4.72 Å². The Morgan fingerprint density at radius 3 is 2.40 bits per heavy atom. The summed E-state index contributed by atoms with van der Waals surface area (Å²) in [6.45, 7) is 5.50. The summed E-state index contributed by atoms with van der Waals surface area (Å²) in [4.78, 5) is 0. The van der Waals surface area contributed by atoms with Gasteiger partial charge in [0.15, 0.2) is 0 Å².